The van der Waals surface area contributed by atoms with Gasteiger partial charge in [0.25, 0.3) is 0 Å². The number of esters is 1. The van der Waals surface area contributed by atoms with Crippen LogP contribution >= 0.6 is 43.6 Å². The lowest BCUT2D eigenvalue weighted by Crippen LogP contribution is -2.22. The predicted molar refractivity (Wildman–Crippen MR) is 94.9 cm³/mol. The number of ether oxygens (including phenoxy) is 1. The molecule has 2 heterocycles. The third kappa shape index (κ3) is 3.05. The average molecular weight is 446 g/mol. The van der Waals surface area contributed by atoms with Crippen molar-refractivity contribution in [3.05, 3.63) is 35.7 Å². The Morgan fingerprint density at radius 1 is 1.50 bits per heavy atom. The molecule has 7 heteroatoms. The van der Waals surface area contributed by atoms with E-state index in [9.17, 15) is 10.1 Å². The number of hydrogen-bond acceptors (Lipinski definition) is 4. The molecular formula is C15H14Br2N2O2S. The molecule has 0 aliphatic rings. The number of aromatic nitrogens is 1. The Morgan fingerprint density at radius 2 is 2.23 bits per heavy atom. The fourth-order valence-corrected chi connectivity index (χ4v) is 4.25. The standard InChI is InChI=1S/C15H14Br2N2O2S/c1-3-21-15(20)12(17)11(16)13-14(22-2)9(8-18)10-6-4-5-7-19(10)13/h4-7,11-12H,3H2,1-2H3. The molecule has 0 aromatic carbocycles. The lowest BCUT2D eigenvalue weighted by Gasteiger charge is -2.17. The van der Waals surface area contributed by atoms with Gasteiger partial charge in [0.05, 0.1) is 28.2 Å². The van der Waals surface area contributed by atoms with E-state index in [0.29, 0.717) is 12.2 Å². The average Bonchev–Trinajstić information content (AvgIpc) is 2.86. The van der Waals surface area contributed by atoms with E-state index in [4.69, 9.17) is 4.74 Å². The maximum atomic E-state index is 12.0. The van der Waals surface area contributed by atoms with E-state index in [0.717, 1.165) is 16.1 Å². The Morgan fingerprint density at radius 3 is 2.82 bits per heavy atom. The van der Waals surface area contributed by atoms with Gasteiger partial charge in [-0.3, -0.25) is 4.79 Å². The highest BCUT2D eigenvalue weighted by atomic mass is 79.9. The smallest absolute Gasteiger partial charge is 0.321 e. The van der Waals surface area contributed by atoms with Crippen LogP contribution in [0.5, 0.6) is 0 Å². The molecule has 4 nitrogen and oxygen atoms in total. The first-order valence-corrected chi connectivity index (χ1v) is 9.64. The van der Waals surface area contributed by atoms with Crippen molar-refractivity contribution in [2.45, 2.75) is 21.5 Å². The van der Waals surface area contributed by atoms with Crippen LogP contribution in [0.4, 0.5) is 0 Å². The molecule has 0 amide bonds. The monoisotopic (exact) mass is 444 g/mol. The van der Waals surface area contributed by atoms with Crippen LogP contribution < -0.4 is 0 Å². The summed E-state index contributed by atoms with van der Waals surface area (Å²) < 4.78 is 7.01. The van der Waals surface area contributed by atoms with E-state index < -0.39 is 4.83 Å². The third-order valence-electron chi connectivity index (χ3n) is 3.18. The zero-order chi connectivity index (χ0) is 16.3. The van der Waals surface area contributed by atoms with Crippen LogP contribution in [0.1, 0.15) is 23.0 Å². The zero-order valence-electron chi connectivity index (χ0n) is 12.0. The van der Waals surface area contributed by atoms with Crippen LogP contribution in [0.15, 0.2) is 29.3 Å². The van der Waals surface area contributed by atoms with Crippen molar-refractivity contribution >= 4 is 55.1 Å². The van der Waals surface area contributed by atoms with Crippen molar-refractivity contribution in [1.82, 2.24) is 4.40 Å². The van der Waals surface area contributed by atoms with Crippen LogP contribution in [0.3, 0.4) is 0 Å². The minimum Gasteiger partial charge on any atom is -0.465 e. The lowest BCUT2D eigenvalue weighted by atomic mass is 10.2. The van der Waals surface area contributed by atoms with Crippen molar-refractivity contribution in [1.29, 1.82) is 5.26 Å². The molecule has 2 atom stereocenters. The lowest BCUT2D eigenvalue weighted by molar-refractivity contribution is -0.142. The summed E-state index contributed by atoms with van der Waals surface area (Å²) in [4.78, 5) is 12.0. The molecule has 2 rings (SSSR count). The third-order valence-corrected chi connectivity index (χ3v) is 6.58. The quantitative estimate of drug-likeness (QED) is 0.391. The van der Waals surface area contributed by atoms with Gasteiger partial charge in [-0.25, -0.2) is 0 Å². The molecular weight excluding hydrogens is 432 g/mol. The van der Waals surface area contributed by atoms with E-state index in [1.54, 1.807) is 6.92 Å². The molecule has 0 spiro atoms. The Kier molecular flexibility index (Phi) is 5.95. The zero-order valence-corrected chi connectivity index (χ0v) is 16.0. The predicted octanol–water partition coefficient (Wildman–Crippen LogP) is 4.30. The molecule has 0 fully saturated rings. The van der Waals surface area contributed by atoms with Gasteiger partial charge in [0.15, 0.2) is 0 Å². The number of halogens is 2. The van der Waals surface area contributed by atoms with Gasteiger partial charge in [-0.05, 0) is 25.3 Å². The summed E-state index contributed by atoms with van der Waals surface area (Å²) in [6, 6.07) is 7.95. The molecule has 0 saturated carbocycles. The minimum absolute atomic E-state index is 0.314. The van der Waals surface area contributed by atoms with Gasteiger partial charge in [-0.2, -0.15) is 5.26 Å². The van der Waals surface area contributed by atoms with Gasteiger partial charge in [-0.15, -0.1) is 11.8 Å². The minimum atomic E-state index is -0.539. The highest BCUT2D eigenvalue weighted by molar-refractivity contribution is 9.12. The fourth-order valence-electron chi connectivity index (χ4n) is 2.26. The first-order valence-electron chi connectivity index (χ1n) is 6.58. The largest absolute Gasteiger partial charge is 0.465 e. The van der Waals surface area contributed by atoms with Crippen LogP contribution in [0, 0.1) is 11.3 Å². The topological polar surface area (TPSA) is 54.5 Å². The highest BCUT2D eigenvalue weighted by Crippen LogP contribution is 2.41. The number of carbonyl (C=O) groups is 1. The summed E-state index contributed by atoms with van der Waals surface area (Å²) in [7, 11) is 0. The molecule has 0 radical (unpaired) electrons. The molecule has 116 valence electrons. The van der Waals surface area contributed by atoms with Crippen molar-refractivity contribution in [3.8, 4) is 6.07 Å². The van der Waals surface area contributed by atoms with Gasteiger partial charge in [0.1, 0.15) is 10.9 Å². The maximum Gasteiger partial charge on any atom is 0.321 e. The van der Waals surface area contributed by atoms with Crippen molar-refractivity contribution in [2.24, 2.45) is 0 Å². The van der Waals surface area contributed by atoms with Crippen molar-refractivity contribution < 1.29 is 9.53 Å². The molecule has 0 aliphatic carbocycles. The van der Waals surface area contributed by atoms with Gasteiger partial charge in [0, 0.05) is 11.1 Å². The van der Waals surface area contributed by atoms with Crippen molar-refractivity contribution in [3.63, 3.8) is 0 Å². The van der Waals surface area contributed by atoms with Gasteiger partial charge in [0.2, 0.25) is 0 Å². The Balaban J connectivity index is 2.59. The number of hydrogen-bond donors (Lipinski definition) is 0. The molecule has 2 unspecified atom stereocenters. The number of thioether (sulfide) groups is 1. The normalized spacial score (nSPS) is 13.6. The number of alkyl halides is 2. The van der Waals surface area contributed by atoms with Crippen LogP contribution in [0.2, 0.25) is 0 Å². The molecule has 0 bridgehead atoms. The number of nitrogens with zero attached hydrogens (tertiary/aromatic N) is 2. The molecule has 2 aromatic rings. The Labute approximate surface area is 150 Å². The Bertz CT molecular complexity index is 739. The van der Waals surface area contributed by atoms with Gasteiger partial charge >= 0.3 is 5.97 Å². The number of rotatable bonds is 5. The SMILES string of the molecule is CCOC(=O)C(Br)C(Br)c1c(SC)c(C#N)c2ccccn12. The second kappa shape index (κ2) is 7.53. The van der Waals surface area contributed by atoms with Crippen LogP contribution in [-0.4, -0.2) is 28.1 Å². The van der Waals surface area contributed by atoms with E-state index in [-0.39, 0.29) is 10.8 Å². The van der Waals surface area contributed by atoms with E-state index in [1.165, 1.54) is 11.8 Å². The first kappa shape index (κ1) is 17.4. The second-order valence-corrected chi connectivity index (χ2v) is 7.21. The number of pyridine rings is 1. The fraction of sp³-hybridized carbons (Fsp3) is 0.333. The summed E-state index contributed by atoms with van der Waals surface area (Å²) in [5.41, 5.74) is 2.32. The van der Waals surface area contributed by atoms with E-state index in [2.05, 4.69) is 37.9 Å². The number of nitriles is 1. The van der Waals surface area contributed by atoms with E-state index >= 15 is 0 Å². The Hall–Kier alpha value is -0.970. The summed E-state index contributed by atoms with van der Waals surface area (Å²) >= 11 is 8.48. The second-order valence-electron chi connectivity index (χ2n) is 4.42. The van der Waals surface area contributed by atoms with Gasteiger partial charge < -0.3 is 9.14 Å². The number of fused-ring (bicyclic) bond motifs is 1. The summed E-state index contributed by atoms with van der Waals surface area (Å²) in [6.07, 6.45) is 3.82. The maximum absolute atomic E-state index is 12.0. The van der Waals surface area contributed by atoms with E-state index in [1.807, 2.05) is 35.1 Å². The molecule has 2 aromatic heterocycles. The van der Waals surface area contributed by atoms with Gasteiger partial charge in [-0.1, -0.05) is 37.9 Å². The summed E-state index contributed by atoms with van der Waals surface area (Å²) in [5.74, 6) is -0.333. The van der Waals surface area contributed by atoms with Crippen LogP contribution in [-0.2, 0) is 9.53 Å². The molecule has 0 N–H and O–H groups in total. The number of carbonyl (C=O) groups excluding carboxylic acids is 1. The molecule has 0 saturated heterocycles. The summed E-state index contributed by atoms with van der Waals surface area (Å²) in [5, 5.41) is 9.48. The molecule has 22 heavy (non-hydrogen) atoms. The van der Waals surface area contributed by atoms with Crippen molar-refractivity contribution in [2.75, 3.05) is 12.9 Å². The van der Waals surface area contributed by atoms with Crippen LogP contribution in [0.25, 0.3) is 5.52 Å². The molecule has 0 aliphatic heterocycles. The summed E-state index contributed by atoms with van der Waals surface area (Å²) in [6.45, 7) is 2.10. The highest BCUT2D eigenvalue weighted by Gasteiger charge is 2.32. The first-order chi connectivity index (χ1) is 10.6.